The van der Waals surface area contributed by atoms with Gasteiger partial charge < -0.3 is 9.73 Å². The summed E-state index contributed by atoms with van der Waals surface area (Å²) in [7, 11) is 0. The summed E-state index contributed by atoms with van der Waals surface area (Å²) in [4.78, 5) is 16.8. The SMILES string of the molecule is O=C(NC(=S)Nc1cccc(-c2nc3cc(Cl)ccc3o2)c1)c1ccccc1Cl. The van der Waals surface area contributed by atoms with E-state index in [0.29, 0.717) is 38.3 Å². The van der Waals surface area contributed by atoms with Crippen molar-refractivity contribution in [1.29, 1.82) is 0 Å². The summed E-state index contributed by atoms with van der Waals surface area (Å²) >= 11 is 17.3. The molecule has 0 bridgehead atoms. The number of oxazole rings is 1. The van der Waals surface area contributed by atoms with Crippen LogP contribution in [0.3, 0.4) is 0 Å². The molecule has 0 unspecified atom stereocenters. The van der Waals surface area contributed by atoms with E-state index in [2.05, 4.69) is 15.6 Å². The van der Waals surface area contributed by atoms with Crippen LogP contribution in [-0.4, -0.2) is 16.0 Å². The summed E-state index contributed by atoms with van der Waals surface area (Å²) in [5, 5.41) is 6.69. The topological polar surface area (TPSA) is 67.2 Å². The van der Waals surface area contributed by atoms with Gasteiger partial charge in [-0.25, -0.2) is 4.98 Å². The molecular weight excluding hydrogens is 429 g/mol. The molecule has 1 heterocycles. The monoisotopic (exact) mass is 441 g/mol. The van der Waals surface area contributed by atoms with Gasteiger partial charge in [-0.05, 0) is 60.7 Å². The molecule has 1 amide bonds. The molecule has 144 valence electrons. The molecule has 1 aromatic heterocycles. The molecule has 0 saturated carbocycles. The van der Waals surface area contributed by atoms with Gasteiger partial charge in [0.25, 0.3) is 5.91 Å². The summed E-state index contributed by atoms with van der Waals surface area (Å²) in [5.74, 6) is 0.0667. The van der Waals surface area contributed by atoms with Gasteiger partial charge in [0.15, 0.2) is 10.7 Å². The predicted molar refractivity (Wildman–Crippen MR) is 120 cm³/mol. The molecule has 0 aliphatic rings. The largest absolute Gasteiger partial charge is 0.436 e. The van der Waals surface area contributed by atoms with E-state index >= 15 is 0 Å². The van der Waals surface area contributed by atoms with Crippen LogP contribution in [0.1, 0.15) is 10.4 Å². The number of hydrogen-bond donors (Lipinski definition) is 2. The maximum Gasteiger partial charge on any atom is 0.258 e. The number of hydrogen-bond acceptors (Lipinski definition) is 4. The first-order valence-electron chi connectivity index (χ1n) is 8.53. The number of carbonyl (C=O) groups excluding carboxylic acids is 1. The van der Waals surface area contributed by atoms with E-state index in [9.17, 15) is 4.79 Å². The van der Waals surface area contributed by atoms with E-state index in [1.807, 2.05) is 24.3 Å². The van der Waals surface area contributed by atoms with Crippen molar-refractivity contribution in [1.82, 2.24) is 10.3 Å². The zero-order chi connectivity index (χ0) is 20.4. The number of halogens is 2. The summed E-state index contributed by atoms with van der Waals surface area (Å²) < 4.78 is 5.79. The molecular formula is C21H13Cl2N3O2S. The van der Waals surface area contributed by atoms with E-state index in [0.717, 1.165) is 5.56 Å². The average molecular weight is 442 g/mol. The number of nitrogens with zero attached hydrogens (tertiary/aromatic N) is 1. The van der Waals surface area contributed by atoms with E-state index in [4.69, 9.17) is 39.8 Å². The highest BCUT2D eigenvalue weighted by Crippen LogP contribution is 2.27. The summed E-state index contributed by atoms with van der Waals surface area (Å²) in [5.41, 5.74) is 3.09. The van der Waals surface area contributed by atoms with Crippen LogP contribution in [0.2, 0.25) is 10.0 Å². The lowest BCUT2D eigenvalue weighted by Gasteiger charge is -2.10. The van der Waals surface area contributed by atoms with E-state index in [1.165, 1.54) is 0 Å². The number of amides is 1. The molecule has 0 atom stereocenters. The Morgan fingerprint density at radius 2 is 1.83 bits per heavy atom. The Hall–Kier alpha value is -2.93. The second-order valence-corrected chi connectivity index (χ2v) is 7.35. The van der Waals surface area contributed by atoms with E-state index < -0.39 is 0 Å². The Balaban J connectivity index is 1.50. The van der Waals surface area contributed by atoms with Crippen molar-refractivity contribution in [2.45, 2.75) is 0 Å². The van der Waals surface area contributed by atoms with Crippen molar-refractivity contribution < 1.29 is 9.21 Å². The van der Waals surface area contributed by atoms with E-state index in [-0.39, 0.29) is 11.0 Å². The number of rotatable bonds is 3. The minimum Gasteiger partial charge on any atom is -0.436 e. The molecule has 4 aromatic rings. The average Bonchev–Trinajstić information content (AvgIpc) is 3.11. The molecule has 29 heavy (non-hydrogen) atoms. The lowest BCUT2D eigenvalue weighted by Crippen LogP contribution is -2.34. The van der Waals surface area contributed by atoms with Crippen molar-refractivity contribution in [3.63, 3.8) is 0 Å². The van der Waals surface area contributed by atoms with Crippen molar-refractivity contribution in [3.05, 3.63) is 82.3 Å². The van der Waals surface area contributed by atoms with Gasteiger partial charge in [-0.1, -0.05) is 41.4 Å². The van der Waals surface area contributed by atoms with Crippen LogP contribution < -0.4 is 10.6 Å². The summed E-state index contributed by atoms with van der Waals surface area (Å²) in [6, 6.07) is 19.3. The first kappa shape index (κ1) is 19.4. The smallest absolute Gasteiger partial charge is 0.258 e. The number of aromatic nitrogens is 1. The molecule has 0 spiro atoms. The van der Waals surface area contributed by atoms with Crippen molar-refractivity contribution >= 4 is 63.2 Å². The van der Waals surface area contributed by atoms with Crippen LogP contribution in [0, 0.1) is 0 Å². The van der Waals surface area contributed by atoms with E-state index in [1.54, 1.807) is 42.5 Å². The third-order valence-electron chi connectivity index (χ3n) is 4.06. The van der Waals surface area contributed by atoms with Crippen LogP contribution in [-0.2, 0) is 0 Å². The third kappa shape index (κ3) is 4.40. The second kappa shape index (κ2) is 8.21. The maximum absolute atomic E-state index is 12.3. The van der Waals surface area contributed by atoms with Crippen LogP contribution in [0.15, 0.2) is 71.1 Å². The second-order valence-electron chi connectivity index (χ2n) is 6.10. The number of carbonyl (C=O) groups is 1. The fourth-order valence-corrected chi connectivity index (χ4v) is 3.33. The molecule has 0 saturated heterocycles. The van der Waals surface area contributed by atoms with Crippen LogP contribution in [0.5, 0.6) is 0 Å². The highest BCUT2D eigenvalue weighted by atomic mass is 35.5. The fourth-order valence-electron chi connectivity index (χ4n) is 2.73. The van der Waals surface area contributed by atoms with Gasteiger partial charge in [-0.2, -0.15) is 0 Å². The number of thiocarbonyl (C=S) groups is 1. The van der Waals surface area contributed by atoms with Gasteiger partial charge in [0.05, 0.1) is 10.6 Å². The standard InChI is InChI=1S/C21H13Cl2N3O2S/c22-13-8-9-18-17(11-13)25-20(28-18)12-4-3-5-14(10-12)24-21(29)26-19(27)15-6-1-2-7-16(15)23/h1-11H,(H2,24,26,27,29). The number of benzene rings is 3. The molecule has 2 N–H and O–H groups in total. The van der Waals surface area contributed by atoms with Gasteiger partial charge >= 0.3 is 0 Å². The molecule has 5 nitrogen and oxygen atoms in total. The van der Waals surface area contributed by atoms with Crippen LogP contribution in [0.4, 0.5) is 5.69 Å². The number of anilines is 1. The molecule has 3 aromatic carbocycles. The number of nitrogens with one attached hydrogen (secondary N) is 2. The Bertz CT molecular complexity index is 1240. The van der Waals surface area contributed by atoms with Gasteiger partial charge in [0, 0.05) is 16.3 Å². The molecule has 8 heteroatoms. The van der Waals surface area contributed by atoms with Gasteiger partial charge in [0.2, 0.25) is 5.89 Å². The Kier molecular flexibility index (Phi) is 5.49. The maximum atomic E-state index is 12.3. The quantitative estimate of drug-likeness (QED) is 0.385. The van der Waals surface area contributed by atoms with Crippen molar-refractivity contribution in [2.24, 2.45) is 0 Å². The minimum absolute atomic E-state index is 0.149. The first-order chi connectivity index (χ1) is 14.0. The molecule has 0 fully saturated rings. The van der Waals surface area contributed by atoms with Crippen molar-refractivity contribution in [2.75, 3.05) is 5.32 Å². The summed E-state index contributed by atoms with van der Waals surface area (Å²) in [6.07, 6.45) is 0. The van der Waals surface area contributed by atoms with Gasteiger partial charge in [0.1, 0.15) is 5.52 Å². The van der Waals surface area contributed by atoms with Crippen molar-refractivity contribution in [3.8, 4) is 11.5 Å². The lowest BCUT2D eigenvalue weighted by atomic mass is 10.2. The Morgan fingerprint density at radius 3 is 2.66 bits per heavy atom. The van der Waals surface area contributed by atoms with Gasteiger partial charge in [-0.15, -0.1) is 0 Å². The Morgan fingerprint density at radius 1 is 1.00 bits per heavy atom. The van der Waals surface area contributed by atoms with Crippen LogP contribution >= 0.6 is 35.4 Å². The Labute approximate surface area is 181 Å². The lowest BCUT2D eigenvalue weighted by molar-refractivity contribution is 0.0978. The highest BCUT2D eigenvalue weighted by Gasteiger charge is 2.12. The minimum atomic E-state index is -0.389. The normalized spacial score (nSPS) is 10.7. The molecule has 0 aliphatic heterocycles. The highest BCUT2D eigenvalue weighted by molar-refractivity contribution is 7.80. The first-order valence-corrected chi connectivity index (χ1v) is 9.69. The molecule has 4 rings (SSSR count). The van der Waals surface area contributed by atoms with Crippen LogP contribution in [0.25, 0.3) is 22.6 Å². The molecule has 0 aliphatic carbocycles. The summed E-state index contributed by atoms with van der Waals surface area (Å²) in [6.45, 7) is 0. The third-order valence-corrected chi connectivity index (χ3v) is 4.83. The predicted octanol–water partition coefficient (Wildman–Crippen LogP) is 5.93. The zero-order valence-electron chi connectivity index (χ0n) is 14.8. The molecule has 0 radical (unpaired) electrons. The van der Waals surface area contributed by atoms with Gasteiger partial charge in [-0.3, -0.25) is 10.1 Å². The fraction of sp³-hybridized carbons (Fsp3) is 0. The number of fused-ring (bicyclic) bond motifs is 1. The zero-order valence-corrected chi connectivity index (χ0v) is 17.1.